The summed E-state index contributed by atoms with van der Waals surface area (Å²) < 4.78 is 0. The summed E-state index contributed by atoms with van der Waals surface area (Å²) >= 11 is 0. The van der Waals surface area contributed by atoms with Gasteiger partial charge in [-0.1, -0.05) is 32.8 Å². The number of hydrogen-bond donors (Lipinski definition) is 0. The van der Waals surface area contributed by atoms with Crippen LogP contribution in [0.5, 0.6) is 0 Å². The summed E-state index contributed by atoms with van der Waals surface area (Å²) in [5.41, 5.74) is 0. The molecule has 0 saturated heterocycles. The lowest BCUT2D eigenvalue weighted by Gasteiger charge is -2.32. The highest BCUT2D eigenvalue weighted by atomic mass is 16.1. The Balaban J connectivity index is 2.48. The van der Waals surface area contributed by atoms with Gasteiger partial charge in [-0.15, -0.1) is 6.58 Å². The highest BCUT2D eigenvalue weighted by Gasteiger charge is 2.32. The Hall–Kier alpha value is -0.590. The van der Waals surface area contributed by atoms with Gasteiger partial charge in [0.1, 0.15) is 5.78 Å². The van der Waals surface area contributed by atoms with Crippen LogP contribution in [-0.2, 0) is 4.79 Å². The van der Waals surface area contributed by atoms with Crippen LogP contribution in [0.1, 0.15) is 52.4 Å². The Labute approximate surface area is 93.9 Å². The maximum Gasteiger partial charge on any atom is 0.136 e. The molecule has 3 atom stereocenters. The van der Waals surface area contributed by atoms with E-state index in [1.807, 2.05) is 6.08 Å². The first-order valence-electron chi connectivity index (χ1n) is 6.32. The maximum absolute atomic E-state index is 12.0. The molecule has 1 fully saturated rings. The van der Waals surface area contributed by atoms with Gasteiger partial charge in [0.25, 0.3) is 0 Å². The number of hydrogen-bond acceptors (Lipinski definition) is 1. The van der Waals surface area contributed by atoms with Crippen LogP contribution in [0.4, 0.5) is 0 Å². The minimum Gasteiger partial charge on any atom is -0.299 e. The Kier molecular flexibility index (Phi) is 5.07. The van der Waals surface area contributed by atoms with Crippen LogP contribution in [-0.4, -0.2) is 5.78 Å². The summed E-state index contributed by atoms with van der Waals surface area (Å²) in [6, 6.07) is 0. The lowest BCUT2D eigenvalue weighted by atomic mass is 9.71. The smallest absolute Gasteiger partial charge is 0.136 e. The number of Topliss-reactive ketones (excluding diaryl/α,β-unsaturated/α-hetero) is 1. The van der Waals surface area contributed by atoms with Crippen molar-refractivity contribution in [2.75, 3.05) is 0 Å². The second kappa shape index (κ2) is 6.09. The van der Waals surface area contributed by atoms with Gasteiger partial charge in [-0.25, -0.2) is 0 Å². The molecule has 0 unspecified atom stereocenters. The van der Waals surface area contributed by atoms with E-state index in [1.165, 1.54) is 19.3 Å². The molecule has 0 aromatic rings. The number of ketones is 1. The van der Waals surface area contributed by atoms with E-state index in [4.69, 9.17) is 0 Å². The van der Waals surface area contributed by atoms with E-state index < -0.39 is 0 Å². The molecular formula is C14H24O. The Morgan fingerprint density at radius 1 is 1.53 bits per heavy atom. The summed E-state index contributed by atoms with van der Waals surface area (Å²) in [6.45, 7) is 8.20. The molecule has 0 heterocycles. The van der Waals surface area contributed by atoms with Crippen LogP contribution in [0.3, 0.4) is 0 Å². The standard InChI is InChI=1S/C14H24O/c1-4-6-8-13-11(3)9-12(7-5-2)10-14(13)15/h5,11-13H,2,4,6-10H2,1,3H3/t11-,12-,13+/m0/s1. The summed E-state index contributed by atoms with van der Waals surface area (Å²) in [6.07, 6.45) is 8.49. The monoisotopic (exact) mass is 208 g/mol. The van der Waals surface area contributed by atoms with Crippen LogP contribution in [0.15, 0.2) is 12.7 Å². The van der Waals surface area contributed by atoms with Gasteiger partial charge >= 0.3 is 0 Å². The van der Waals surface area contributed by atoms with Crippen molar-refractivity contribution in [3.63, 3.8) is 0 Å². The zero-order valence-corrected chi connectivity index (χ0v) is 10.2. The number of allylic oxidation sites excluding steroid dienone is 1. The van der Waals surface area contributed by atoms with E-state index in [1.54, 1.807) is 0 Å². The first-order chi connectivity index (χ1) is 7.19. The molecule has 1 aliphatic carbocycles. The predicted octanol–water partition coefficient (Wildman–Crippen LogP) is 3.98. The molecule has 0 amide bonds. The minimum absolute atomic E-state index is 0.353. The maximum atomic E-state index is 12.0. The van der Waals surface area contributed by atoms with Gasteiger partial charge in [-0.05, 0) is 31.1 Å². The van der Waals surface area contributed by atoms with Crippen LogP contribution in [0, 0.1) is 17.8 Å². The number of carbonyl (C=O) groups is 1. The quantitative estimate of drug-likeness (QED) is 0.624. The molecule has 86 valence electrons. The van der Waals surface area contributed by atoms with Crippen LogP contribution in [0.25, 0.3) is 0 Å². The van der Waals surface area contributed by atoms with Crippen LogP contribution < -0.4 is 0 Å². The lowest BCUT2D eigenvalue weighted by molar-refractivity contribution is -0.128. The first-order valence-corrected chi connectivity index (χ1v) is 6.32. The van der Waals surface area contributed by atoms with Crippen molar-refractivity contribution in [1.82, 2.24) is 0 Å². The average Bonchev–Trinajstić information content (AvgIpc) is 2.17. The summed E-state index contributed by atoms with van der Waals surface area (Å²) in [5.74, 6) is 2.02. The van der Waals surface area contributed by atoms with E-state index in [2.05, 4.69) is 20.4 Å². The summed E-state index contributed by atoms with van der Waals surface area (Å²) in [5, 5.41) is 0. The van der Waals surface area contributed by atoms with E-state index in [0.29, 0.717) is 23.5 Å². The molecule has 0 radical (unpaired) electrons. The van der Waals surface area contributed by atoms with Crippen LogP contribution in [0.2, 0.25) is 0 Å². The number of unbranched alkanes of at least 4 members (excludes halogenated alkanes) is 1. The van der Waals surface area contributed by atoms with Crippen molar-refractivity contribution >= 4 is 5.78 Å². The van der Waals surface area contributed by atoms with Crippen molar-refractivity contribution in [1.29, 1.82) is 0 Å². The fourth-order valence-electron chi connectivity index (χ4n) is 2.81. The Morgan fingerprint density at radius 3 is 2.80 bits per heavy atom. The van der Waals surface area contributed by atoms with E-state index >= 15 is 0 Å². The van der Waals surface area contributed by atoms with E-state index in [0.717, 1.165) is 19.3 Å². The molecule has 0 N–H and O–H groups in total. The molecule has 0 spiro atoms. The fourth-order valence-corrected chi connectivity index (χ4v) is 2.81. The van der Waals surface area contributed by atoms with E-state index in [-0.39, 0.29) is 0 Å². The Bertz CT molecular complexity index is 219. The second-order valence-corrected chi connectivity index (χ2v) is 5.02. The molecule has 1 rings (SSSR count). The Morgan fingerprint density at radius 2 is 2.27 bits per heavy atom. The SMILES string of the molecule is C=CC[C@@H]1CC(=O)[C@H](CCCC)[C@@H](C)C1. The molecule has 0 bridgehead atoms. The first kappa shape index (κ1) is 12.5. The van der Waals surface area contributed by atoms with Gasteiger partial charge < -0.3 is 0 Å². The highest BCUT2D eigenvalue weighted by Crippen LogP contribution is 2.35. The molecule has 0 aromatic carbocycles. The summed E-state index contributed by atoms with van der Waals surface area (Å²) in [7, 11) is 0. The van der Waals surface area contributed by atoms with Crippen molar-refractivity contribution in [3.05, 3.63) is 12.7 Å². The lowest BCUT2D eigenvalue weighted by Crippen LogP contribution is -2.31. The summed E-state index contributed by atoms with van der Waals surface area (Å²) in [4.78, 5) is 12.0. The topological polar surface area (TPSA) is 17.1 Å². The normalized spacial score (nSPS) is 31.6. The molecule has 1 aliphatic rings. The van der Waals surface area contributed by atoms with Crippen LogP contribution >= 0.6 is 0 Å². The zero-order chi connectivity index (χ0) is 11.3. The molecular weight excluding hydrogens is 184 g/mol. The third kappa shape index (κ3) is 3.48. The van der Waals surface area contributed by atoms with Gasteiger partial charge in [-0.2, -0.15) is 0 Å². The number of carbonyl (C=O) groups excluding carboxylic acids is 1. The van der Waals surface area contributed by atoms with E-state index in [9.17, 15) is 4.79 Å². The van der Waals surface area contributed by atoms with Gasteiger partial charge in [0.2, 0.25) is 0 Å². The highest BCUT2D eigenvalue weighted by molar-refractivity contribution is 5.82. The predicted molar refractivity (Wildman–Crippen MR) is 64.7 cm³/mol. The largest absolute Gasteiger partial charge is 0.299 e. The van der Waals surface area contributed by atoms with Gasteiger partial charge in [0.05, 0.1) is 0 Å². The van der Waals surface area contributed by atoms with Crippen molar-refractivity contribution in [2.45, 2.75) is 52.4 Å². The molecule has 0 aromatic heterocycles. The van der Waals surface area contributed by atoms with Crippen molar-refractivity contribution in [2.24, 2.45) is 17.8 Å². The molecule has 1 saturated carbocycles. The van der Waals surface area contributed by atoms with Crippen molar-refractivity contribution < 1.29 is 4.79 Å². The fraction of sp³-hybridized carbons (Fsp3) is 0.786. The number of rotatable bonds is 5. The minimum atomic E-state index is 0.353. The van der Waals surface area contributed by atoms with Gasteiger partial charge in [0.15, 0.2) is 0 Å². The zero-order valence-electron chi connectivity index (χ0n) is 10.2. The molecule has 15 heavy (non-hydrogen) atoms. The van der Waals surface area contributed by atoms with Crippen molar-refractivity contribution in [3.8, 4) is 0 Å². The third-order valence-electron chi connectivity index (χ3n) is 3.66. The molecule has 0 aliphatic heterocycles. The average molecular weight is 208 g/mol. The second-order valence-electron chi connectivity index (χ2n) is 5.02. The van der Waals surface area contributed by atoms with Gasteiger partial charge in [0, 0.05) is 12.3 Å². The van der Waals surface area contributed by atoms with Gasteiger partial charge in [-0.3, -0.25) is 4.79 Å². The molecule has 1 nitrogen and oxygen atoms in total. The third-order valence-corrected chi connectivity index (χ3v) is 3.66. The molecule has 1 heteroatoms.